The van der Waals surface area contributed by atoms with Crippen LogP contribution in [0.15, 0.2) is 30.3 Å². The Kier molecular flexibility index (Phi) is 1.65. The molecule has 0 aliphatic heterocycles. The lowest BCUT2D eigenvalue weighted by molar-refractivity contribution is 0.155. The molecular weight excluding hydrogens is 155 g/mol. The summed E-state index contributed by atoms with van der Waals surface area (Å²) in [5, 5.41) is 8.72. The van der Waals surface area contributed by atoms with Gasteiger partial charge in [-0.15, -0.1) is 0 Å². The van der Waals surface area contributed by atoms with Gasteiger partial charge < -0.3 is 5.11 Å². The Hall–Kier alpha value is -0.890. The highest BCUT2D eigenvalue weighted by atomic mass is 19.1. The fraction of sp³-hybridized carbons (Fsp3) is 0.400. The first-order valence-corrected chi connectivity index (χ1v) is 4.11. The maximum atomic E-state index is 13.3. The second-order valence-electron chi connectivity index (χ2n) is 3.36. The molecule has 64 valence electrons. The summed E-state index contributed by atoms with van der Waals surface area (Å²) in [7, 11) is 0. The van der Waals surface area contributed by atoms with Crippen molar-refractivity contribution in [2.45, 2.75) is 18.0 Å². The summed E-state index contributed by atoms with van der Waals surface area (Å²) >= 11 is 0. The van der Waals surface area contributed by atoms with Crippen LogP contribution in [0.3, 0.4) is 0 Å². The minimum atomic E-state index is -1.33. The molecule has 1 aromatic carbocycles. The number of benzene rings is 1. The minimum Gasteiger partial charge on any atom is -0.393 e. The molecule has 0 spiro atoms. The SMILES string of the molecule is OC[C@@]1(F)C[C@@H]1c1ccccc1. The zero-order valence-corrected chi connectivity index (χ0v) is 6.70. The lowest BCUT2D eigenvalue weighted by Gasteiger charge is -2.02. The molecule has 1 nitrogen and oxygen atoms in total. The van der Waals surface area contributed by atoms with Gasteiger partial charge in [0.25, 0.3) is 0 Å². The second-order valence-corrected chi connectivity index (χ2v) is 3.36. The van der Waals surface area contributed by atoms with Crippen LogP contribution in [-0.2, 0) is 0 Å². The predicted octanol–water partition coefficient (Wildman–Crippen LogP) is 1.87. The van der Waals surface area contributed by atoms with Crippen molar-refractivity contribution in [3.05, 3.63) is 35.9 Å². The van der Waals surface area contributed by atoms with E-state index in [-0.39, 0.29) is 12.5 Å². The fourth-order valence-corrected chi connectivity index (χ4v) is 1.56. The third-order valence-electron chi connectivity index (χ3n) is 2.47. The van der Waals surface area contributed by atoms with Crippen molar-refractivity contribution in [3.63, 3.8) is 0 Å². The predicted molar refractivity (Wildman–Crippen MR) is 44.7 cm³/mol. The molecule has 1 fully saturated rings. The van der Waals surface area contributed by atoms with Crippen LogP contribution < -0.4 is 0 Å². The third-order valence-corrected chi connectivity index (χ3v) is 2.47. The van der Waals surface area contributed by atoms with E-state index in [4.69, 9.17) is 5.11 Å². The summed E-state index contributed by atoms with van der Waals surface area (Å²) in [5.74, 6) is -0.0799. The maximum Gasteiger partial charge on any atom is 0.141 e. The van der Waals surface area contributed by atoms with Gasteiger partial charge >= 0.3 is 0 Å². The Morgan fingerprint density at radius 3 is 2.58 bits per heavy atom. The average Bonchev–Trinajstić information content (AvgIpc) is 2.81. The molecule has 0 saturated heterocycles. The zero-order valence-electron chi connectivity index (χ0n) is 6.70. The fourth-order valence-electron chi connectivity index (χ4n) is 1.56. The lowest BCUT2D eigenvalue weighted by Crippen LogP contribution is -2.08. The number of rotatable bonds is 2. The molecule has 2 heteroatoms. The Labute approximate surface area is 70.8 Å². The number of halogens is 1. The zero-order chi connectivity index (χ0) is 8.60. The molecule has 1 aromatic rings. The minimum absolute atomic E-state index is 0.0799. The molecule has 1 aliphatic carbocycles. The van der Waals surface area contributed by atoms with Crippen LogP contribution in [-0.4, -0.2) is 17.4 Å². The summed E-state index contributed by atoms with van der Waals surface area (Å²) in [6.45, 7) is -0.355. The number of hydrogen-bond acceptors (Lipinski definition) is 1. The molecule has 0 heterocycles. The Balaban J connectivity index is 2.16. The van der Waals surface area contributed by atoms with E-state index < -0.39 is 5.67 Å². The van der Waals surface area contributed by atoms with Gasteiger partial charge in [-0.05, 0) is 12.0 Å². The van der Waals surface area contributed by atoms with Crippen LogP contribution in [0.25, 0.3) is 0 Å². The summed E-state index contributed by atoms with van der Waals surface area (Å²) in [4.78, 5) is 0. The van der Waals surface area contributed by atoms with Gasteiger partial charge in [0.05, 0.1) is 6.61 Å². The highest BCUT2D eigenvalue weighted by Gasteiger charge is 2.55. The van der Waals surface area contributed by atoms with Crippen LogP contribution >= 0.6 is 0 Å². The number of aliphatic hydroxyl groups excluding tert-OH is 1. The van der Waals surface area contributed by atoms with Gasteiger partial charge in [-0.2, -0.15) is 0 Å². The van der Waals surface area contributed by atoms with Gasteiger partial charge in [0.1, 0.15) is 5.67 Å². The molecule has 12 heavy (non-hydrogen) atoms. The van der Waals surface area contributed by atoms with Gasteiger partial charge in [0.2, 0.25) is 0 Å². The first-order chi connectivity index (χ1) is 5.76. The largest absolute Gasteiger partial charge is 0.393 e. The first-order valence-electron chi connectivity index (χ1n) is 4.11. The molecule has 0 bridgehead atoms. The lowest BCUT2D eigenvalue weighted by atomic mass is 10.1. The summed E-state index contributed by atoms with van der Waals surface area (Å²) < 4.78 is 13.3. The molecule has 1 N–H and O–H groups in total. The standard InChI is InChI=1S/C10H11FO/c11-10(7-12)6-9(10)8-4-2-1-3-5-8/h1-5,9,12H,6-7H2/t9-,10+/m1/s1. The molecule has 1 saturated carbocycles. The van der Waals surface area contributed by atoms with Gasteiger partial charge in [0, 0.05) is 5.92 Å². The topological polar surface area (TPSA) is 20.2 Å². The van der Waals surface area contributed by atoms with Crippen LogP contribution in [0, 0.1) is 0 Å². The van der Waals surface area contributed by atoms with Crippen molar-refractivity contribution >= 4 is 0 Å². The van der Waals surface area contributed by atoms with Crippen molar-refractivity contribution in [3.8, 4) is 0 Å². The van der Waals surface area contributed by atoms with Crippen LogP contribution in [0.4, 0.5) is 4.39 Å². The average molecular weight is 166 g/mol. The number of aliphatic hydroxyl groups is 1. The quantitative estimate of drug-likeness (QED) is 0.711. The van der Waals surface area contributed by atoms with Crippen LogP contribution in [0.2, 0.25) is 0 Å². The van der Waals surface area contributed by atoms with Gasteiger partial charge in [-0.1, -0.05) is 30.3 Å². The van der Waals surface area contributed by atoms with Crippen molar-refractivity contribution in [1.29, 1.82) is 0 Å². The molecular formula is C10H11FO. The Bertz CT molecular complexity index is 272. The molecule has 0 amide bonds. The van der Waals surface area contributed by atoms with E-state index >= 15 is 0 Å². The number of hydrogen-bond donors (Lipinski definition) is 1. The van der Waals surface area contributed by atoms with E-state index in [0.29, 0.717) is 6.42 Å². The van der Waals surface area contributed by atoms with E-state index in [0.717, 1.165) is 5.56 Å². The van der Waals surface area contributed by atoms with E-state index in [1.807, 2.05) is 30.3 Å². The maximum absolute atomic E-state index is 13.3. The molecule has 0 radical (unpaired) electrons. The van der Waals surface area contributed by atoms with E-state index in [1.54, 1.807) is 0 Å². The summed E-state index contributed by atoms with van der Waals surface area (Å²) in [5.41, 5.74) is -0.337. The molecule has 0 unspecified atom stereocenters. The summed E-state index contributed by atoms with van der Waals surface area (Å²) in [6.07, 6.45) is 0.466. The van der Waals surface area contributed by atoms with E-state index in [2.05, 4.69) is 0 Å². The monoisotopic (exact) mass is 166 g/mol. The third kappa shape index (κ3) is 1.12. The van der Waals surface area contributed by atoms with E-state index in [9.17, 15) is 4.39 Å². The molecule has 1 aliphatic rings. The highest BCUT2D eigenvalue weighted by Crippen LogP contribution is 2.54. The highest BCUT2D eigenvalue weighted by molar-refractivity contribution is 5.31. The van der Waals surface area contributed by atoms with Crippen LogP contribution in [0.5, 0.6) is 0 Å². The van der Waals surface area contributed by atoms with Gasteiger partial charge in [-0.3, -0.25) is 0 Å². The van der Waals surface area contributed by atoms with Crippen molar-refractivity contribution in [2.75, 3.05) is 6.61 Å². The Morgan fingerprint density at radius 1 is 1.42 bits per heavy atom. The first kappa shape index (κ1) is 7.74. The van der Waals surface area contributed by atoms with Crippen molar-refractivity contribution in [1.82, 2.24) is 0 Å². The smallest absolute Gasteiger partial charge is 0.141 e. The van der Waals surface area contributed by atoms with Gasteiger partial charge in [-0.25, -0.2) is 4.39 Å². The normalized spacial score (nSPS) is 33.3. The van der Waals surface area contributed by atoms with E-state index in [1.165, 1.54) is 0 Å². The molecule has 0 aromatic heterocycles. The van der Waals surface area contributed by atoms with Crippen LogP contribution in [0.1, 0.15) is 17.9 Å². The molecule has 2 rings (SSSR count). The van der Waals surface area contributed by atoms with Crippen molar-refractivity contribution < 1.29 is 9.50 Å². The number of alkyl halides is 1. The van der Waals surface area contributed by atoms with Crippen molar-refractivity contribution in [2.24, 2.45) is 0 Å². The second kappa shape index (κ2) is 2.56. The summed E-state index contributed by atoms with van der Waals surface area (Å²) in [6, 6.07) is 9.50. The molecule has 2 atom stereocenters. The Morgan fingerprint density at radius 2 is 2.08 bits per heavy atom. The van der Waals surface area contributed by atoms with Gasteiger partial charge in [0.15, 0.2) is 0 Å².